The Morgan fingerprint density at radius 3 is 2.56 bits per heavy atom. The van der Waals surface area contributed by atoms with Gasteiger partial charge in [-0.05, 0) is 25.7 Å². The smallest absolute Gasteiger partial charge is 0.407 e. The summed E-state index contributed by atoms with van der Waals surface area (Å²) in [5, 5.41) is 2.90. The molecule has 1 amide bonds. The van der Waals surface area contributed by atoms with Gasteiger partial charge in [-0.25, -0.2) is 4.79 Å². The Labute approximate surface area is 103 Å². The van der Waals surface area contributed by atoms with E-state index in [1.807, 2.05) is 0 Å². The van der Waals surface area contributed by atoms with Crippen LogP contribution in [-0.2, 0) is 4.74 Å². The predicted octanol–water partition coefficient (Wildman–Crippen LogP) is 3.45. The van der Waals surface area contributed by atoms with Gasteiger partial charge in [-0.15, -0.1) is 11.6 Å². The van der Waals surface area contributed by atoms with Gasteiger partial charge in [-0.3, -0.25) is 0 Å². The fourth-order valence-corrected chi connectivity index (χ4v) is 2.18. The minimum absolute atomic E-state index is 0.246. The molecule has 16 heavy (non-hydrogen) atoms. The third-order valence-electron chi connectivity index (χ3n) is 2.94. The van der Waals surface area contributed by atoms with Crippen LogP contribution in [0, 0.1) is 0 Å². The maximum atomic E-state index is 11.3. The molecular formula is C12H22ClNO2. The number of alkyl carbamates (subject to hydrolysis) is 1. The number of carbonyl (C=O) groups is 1. The van der Waals surface area contributed by atoms with Crippen molar-refractivity contribution in [2.75, 3.05) is 12.5 Å². The summed E-state index contributed by atoms with van der Waals surface area (Å²) in [6.45, 7) is 0.529. The van der Waals surface area contributed by atoms with Crippen LogP contribution in [-0.4, -0.2) is 24.6 Å². The number of carbonyl (C=O) groups excluding carboxylic acids is 1. The van der Waals surface area contributed by atoms with Crippen LogP contribution >= 0.6 is 11.6 Å². The van der Waals surface area contributed by atoms with Gasteiger partial charge in [0.15, 0.2) is 0 Å². The molecule has 0 aromatic heterocycles. The standard InChI is InChI=1S/C12H22ClNO2/c13-9-5-1-2-6-10-16-12(15)14-11-7-3-4-8-11/h11H,1-10H2,(H,14,15). The number of ether oxygens (including phenoxy) is 1. The Kier molecular flexibility index (Phi) is 7.39. The molecule has 1 N–H and O–H groups in total. The Morgan fingerprint density at radius 1 is 1.19 bits per heavy atom. The topological polar surface area (TPSA) is 38.3 Å². The third-order valence-corrected chi connectivity index (χ3v) is 3.21. The molecule has 94 valence electrons. The van der Waals surface area contributed by atoms with Crippen LogP contribution in [0.3, 0.4) is 0 Å². The van der Waals surface area contributed by atoms with Gasteiger partial charge in [0.25, 0.3) is 0 Å². The first kappa shape index (κ1) is 13.6. The zero-order valence-corrected chi connectivity index (χ0v) is 10.6. The van der Waals surface area contributed by atoms with Crippen molar-refractivity contribution in [3.63, 3.8) is 0 Å². The lowest BCUT2D eigenvalue weighted by Crippen LogP contribution is -2.33. The van der Waals surface area contributed by atoms with E-state index in [1.54, 1.807) is 0 Å². The molecule has 0 radical (unpaired) electrons. The fourth-order valence-electron chi connectivity index (χ4n) is 1.99. The second-order valence-corrected chi connectivity index (χ2v) is 4.74. The van der Waals surface area contributed by atoms with E-state index in [2.05, 4.69) is 5.32 Å². The van der Waals surface area contributed by atoms with E-state index in [4.69, 9.17) is 16.3 Å². The van der Waals surface area contributed by atoms with Gasteiger partial charge in [-0.2, -0.15) is 0 Å². The van der Waals surface area contributed by atoms with Gasteiger partial charge >= 0.3 is 6.09 Å². The first-order valence-electron chi connectivity index (χ1n) is 6.32. The van der Waals surface area contributed by atoms with Crippen LogP contribution in [0.5, 0.6) is 0 Å². The summed E-state index contributed by atoms with van der Waals surface area (Å²) in [4.78, 5) is 11.3. The molecule has 0 aromatic carbocycles. The normalized spacial score (nSPS) is 16.3. The Hall–Kier alpha value is -0.440. The van der Waals surface area contributed by atoms with Crippen molar-refractivity contribution in [1.29, 1.82) is 0 Å². The van der Waals surface area contributed by atoms with Gasteiger partial charge in [0.1, 0.15) is 0 Å². The number of halogens is 1. The Morgan fingerprint density at radius 2 is 1.88 bits per heavy atom. The molecule has 3 nitrogen and oxygen atoms in total. The van der Waals surface area contributed by atoms with Gasteiger partial charge < -0.3 is 10.1 Å². The molecule has 0 saturated heterocycles. The maximum Gasteiger partial charge on any atom is 0.407 e. The van der Waals surface area contributed by atoms with E-state index in [0.29, 0.717) is 12.6 Å². The first-order valence-corrected chi connectivity index (χ1v) is 6.85. The number of alkyl halides is 1. The summed E-state index contributed by atoms with van der Waals surface area (Å²) in [6.07, 6.45) is 8.61. The average Bonchev–Trinajstić information content (AvgIpc) is 2.76. The highest BCUT2D eigenvalue weighted by Crippen LogP contribution is 2.17. The molecule has 0 aliphatic heterocycles. The predicted molar refractivity (Wildman–Crippen MR) is 65.9 cm³/mol. The van der Waals surface area contributed by atoms with Gasteiger partial charge in [0.2, 0.25) is 0 Å². The first-order chi connectivity index (χ1) is 7.83. The monoisotopic (exact) mass is 247 g/mol. The van der Waals surface area contributed by atoms with E-state index in [1.165, 1.54) is 12.8 Å². The highest BCUT2D eigenvalue weighted by molar-refractivity contribution is 6.17. The van der Waals surface area contributed by atoms with E-state index >= 15 is 0 Å². The summed E-state index contributed by atoms with van der Waals surface area (Å²) < 4.78 is 5.10. The van der Waals surface area contributed by atoms with Crippen molar-refractivity contribution in [1.82, 2.24) is 5.32 Å². The third kappa shape index (κ3) is 6.21. The number of hydrogen-bond acceptors (Lipinski definition) is 2. The lowest BCUT2D eigenvalue weighted by Gasteiger charge is -2.11. The summed E-state index contributed by atoms with van der Waals surface area (Å²) >= 11 is 5.56. The van der Waals surface area contributed by atoms with E-state index in [-0.39, 0.29) is 6.09 Å². The van der Waals surface area contributed by atoms with Crippen LogP contribution in [0.2, 0.25) is 0 Å². The SMILES string of the molecule is O=C(NC1CCCC1)OCCCCCCCl. The summed E-state index contributed by atoms with van der Waals surface area (Å²) in [5.41, 5.74) is 0. The zero-order chi connectivity index (χ0) is 11.6. The number of nitrogens with one attached hydrogen (secondary N) is 1. The van der Waals surface area contributed by atoms with Gasteiger partial charge in [0.05, 0.1) is 6.61 Å². The van der Waals surface area contributed by atoms with Crippen LogP contribution < -0.4 is 5.32 Å². The molecule has 1 aliphatic rings. The molecule has 1 rings (SSSR count). The van der Waals surface area contributed by atoms with Crippen molar-refractivity contribution in [2.24, 2.45) is 0 Å². The number of hydrogen-bond donors (Lipinski definition) is 1. The Balaban J connectivity index is 1.89. The van der Waals surface area contributed by atoms with Crippen molar-refractivity contribution >= 4 is 17.7 Å². The Bertz CT molecular complexity index is 193. The van der Waals surface area contributed by atoms with Crippen molar-refractivity contribution < 1.29 is 9.53 Å². The highest BCUT2D eigenvalue weighted by atomic mass is 35.5. The molecular weight excluding hydrogens is 226 g/mol. The van der Waals surface area contributed by atoms with Crippen LogP contribution in [0.4, 0.5) is 4.79 Å². The van der Waals surface area contributed by atoms with Crippen LogP contribution in [0.15, 0.2) is 0 Å². The van der Waals surface area contributed by atoms with Crippen LogP contribution in [0.1, 0.15) is 51.4 Å². The quantitative estimate of drug-likeness (QED) is 0.553. The molecule has 0 heterocycles. The van der Waals surface area contributed by atoms with Gasteiger partial charge in [0, 0.05) is 11.9 Å². The average molecular weight is 248 g/mol. The molecule has 0 bridgehead atoms. The summed E-state index contributed by atoms with van der Waals surface area (Å²) in [5.74, 6) is 0.725. The van der Waals surface area contributed by atoms with E-state index in [9.17, 15) is 4.79 Å². The fraction of sp³-hybridized carbons (Fsp3) is 0.917. The number of unbranched alkanes of at least 4 members (excludes halogenated alkanes) is 3. The van der Waals surface area contributed by atoms with Gasteiger partial charge in [-0.1, -0.05) is 25.7 Å². The van der Waals surface area contributed by atoms with Crippen molar-refractivity contribution in [3.8, 4) is 0 Å². The lowest BCUT2D eigenvalue weighted by molar-refractivity contribution is 0.140. The molecule has 4 heteroatoms. The van der Waals surface area contributed by atoms with E-state index in [0.717, 1.165) is 44.4 Å². The number of amides is 1. The summed E-state index contributed by atoms with van der Waals surface area (Å²) in [7, 11) is 0. The molecule has 1 fully saturated rings. The van der Waals surface area contributed by atoms with Crippen molar-refractivity contribution in [3.05, 3.63) is 0 Å². The van der Waals surface area contributed by atoms with Crippen molar-refractivity contribution in [2.45, 2.75) is 57.4 Å². The maximum absolute atomic E-state index is 11.3. The molecule has 0 spiro atoms. The minimum Gasteiger partial charge on any atom is -0.450 e. The number of rotatable bonds is 7. The van der Waals surface area contributed by atoms with Crippen LogP contribution in [0.25, 0.3) is 0 Å². The second kappa shape index (κ2) is 8.68. The summed E-state index contributed by atoms with van der Waals surface area (Å²) in [6, 6.07) is 0.351. The molecule has 1 aliphatic carbocycles. The molecule has 0 unspecified atom stereocenters. The zero-order valence-electron chi connectivity index (χ0n) is 9.84. The minimum atomic E-state index is -0.246. The molecule has 1 saturated carbocycles. The highest BCUT2D eigenvalue weighted by Gasteiger charge is 2.17. The molecule has 0 aromatic rings. The van der Waals surface area contributed by atoms with E-state index < -0.39 is 0 Å². The molecule has 0 atom stereocenters. The second-order valence-electron chi connectivity index (χ2n) is 4.36. The largest absolute Gasteiger partial charge is 0.450 e. The lowest BCUT2D eigenvalue weighted by atomic mass is 10.2.